The smallest absolute Gasteiger partial charge is 0.302 e. The zero-order valence-corrected chi connectivity index (χ0v) is 10.1. The summed E-state index contributed by atoms with van der Waals surface area (Å²) in [6, 6.07) is 0. The van der Waals surface area contributed by atoms with Crippen molar-refractivity contribution in [1.29, 1.82) is 0 Å². The van der Waals surface area contributed by atoms with Crippen molar-refractivity contribution < 1.29 is 34.4 Å². The Morgan fingerprint density at radius 3 is 2.28 bits per heavy atom. The second-order valence-electron chi connectivity index (χ2n) is 4.07. The highest BCUT2D eigenvalue weighted by Crippen LogP contribution is 2.20. The van der Waals surface area contributed by atoms with Gasteiger partial charge in [-0.1, -0.05) is 0 Å². The molecule has 0 aromatic rings. The summed E-state index contributed by atoms with van der Waals surface area (Å²) in [6.07, 6.45) is -6.57. The topological polar surface area (TPSA) is 125 Å². The molecule has 8 nitrogen and oxygen atoms in total. The third-order valence-corrected chi connectivity index (χ3v) is 2.51. The van der Waals surface area contributed by atoms with Crippen LogP contribution in [-0.2, 0) is 19.1 Å². The van der Waals surface area contributed by atoms with Gasteiger partial charge < -0.3 is 30.1 Å². The number of carbonyl (C=O) groups is 2. The molecule has 8 heteroatoms. The molecule has 1 aliphatic heterocycles. The number of hydrogen-bond acceptors (Lipinski definition) is 7. The van der Waals surface area contributed by atoms with Gasteiger partial charge in [0.15, 0.2) is 6.23 Å². The van der Waals surface area contributed by atoms with Crippen molar-refractivity contribution in [2.45, 2.75) is 44.5 Å². The van der Waals surface area contributed by atoms with Crippen LogP contribution >= 0.6 is 0 Å². The summed E-state index contributed by atoms with van der Waals surface area (Å²) in [5.74, 6) is -1.03. The summed E-state index contributed by atoms with van der Waals surface area (Å²) in [7, 11) is 0. The van der Waals surface area contributed by atoms with Gasteiger partial charge in [0.1, 0.15) is 31.0 Å². The minimum Gasteiger partial charge on any atom is -0.463 e. The third kappa shape index (κ3) is 3.64. The Balaban J connectivity index is 2.67. The van der Waals surface area contributed by atoms with Gasteiger partial charge in [0.25, 0.3) is 0 Å². The van der Waals surface area contributed by atoms with Gasteiger partial charge in [-0.3, -0.25) is 9.59 Å². The van der Waals surface area contributed by atoms with Crippen molar-refractivity contribution in [3.63, 3.8) is 0 Å². The first-order valence-corrected chi connectivity index (χ1v) is 5.43. The molecule has 5 atom stereocenters. The molecule has 0 aliphatic carbocycles. The van der Waals surface area contributed by atoms with Gasteiger partial charge >= 0.3 is 5.97 Å². The van der Waals surface area contributed by atoms with Gasteiger partial charge in [-0.25, -0.2) is 0 Å². The van der Waals surface area contributed by atoms with Crippen LogP contribution in [0.4, 0.5) is 0 Å². The monoisotopic (exact) mass is 263 g/mol. The van der Waals surface area contributed by atoms with Crippen molar-refractivity contribution in [1.82, 2.24) is 5.32 Å². The van der Waals surface area contributed by atoms with Crippen LogP contribution in [0.5, 0.6) is 0 Å². The first-order chi connectivity index (χ1) is 8.32. The van der Waals surface area contributed by atoms with Crippen molar-refractivity contribution in [2.24, 2.45) is 0 Å². The van der Waals surface area contributed by atoms with Crippen LogP contribution in [0.3, 0.4) is 0 Å². The maximum absolute atomic E-state index is 10.9. The van der Waals surface area contributed by atoms with Crippen molar-refractivity contribution in [3.05, 3.63) is 0 Å². The molecular weight excluding hydrogens is 246 g/mol. The zero-order valence-electron chi connectivity index (χ0n) is 10.1. The molecule has 18 heavy (non-hydrogen) atoms. The number of amides is 1. The second kappa shape index (κ2) is 6.10. The highest BCUT2D eigenvalue weighted by molar-refractivity contribution is 5.73. The number of esters is 1. The average molecular weight is 263 g/mol. The summed E-state index contributed by atoms with van der Waals surface area (Å²) >= 11 is 0. The fraction of sp³-hybridized carbons (Fsp3) is 0.800. The molecule has 1 saturated heterocycles. The number of rotatable bonds is 3. The molecule has 1 heterocycles. The van der Waals surface area contributed by atoms with Crippen molar-refractivity contribution in [2.75, 3.05) is 6.61 Å². The number of nitrogens with one attached hydrogen (secondary N) is 1. The van der Waals surface area contributed by atoms with Gasteiger partial charge in [-0.2, -0.15) is 0 Å². The maximum atomic E-state index is 10.9. The number of ether oxygens (including phenoxy) is 2. The molecular formula is C10H17NO7. The van der Waals surface area contributed by atoms with E-state index in [2.05, 4.69) is 10.1 Å². The van der Waals surface area contributed by atoms with E-state index in [-0.39, 0.29) is 6.61 Å². The molecule has 4 N–H and O–H groups in total. The van der Waals surface area contributed by atoms with Crippen LogP contribution in [0.2, 0.25) is 0 Å². The van der Waals surface area contributed by atoms with Crippen molar-refractivity contribution in [3.8, 4) is 0 Å². The predicted octanol–water partition coefficient (Wildman–Crippen LogP) is -2.51. The molecule has 1 fully saturated rings. The maximum Gasteiger partial charge on any atom is 0.302 e. The van der Waals surface area contributed by atoms with Crippen LogP contribution in [0.15, 0.2) is 0 Å². The van der Waals surface area contributed by atoms with E-state index in [1.165, 1.54) is 13.8 Å². The number of aliphatic hydroxyl groups is 3. The molecule has 104 valence electrons. The second-order valence-corrected chi connectivity index (χ2v) is 4.07. The van der Waals surface area contributed by atoms with E-state index in [1.54, 1.807) is 0 Å². The van der Waals surface area contributed by atoms with Gasteiger partial charge in [-0.15, -0.1) is 0 Å². The average Bonchev–Trinajstić information content (AvgIpc) is 2.27. The summed E-state index contributed by atoms with van der Waals surface area (Å²) in [5.41, 5.74) is 0. The van der Waals surface area contributed by atoms with Crippen molar-refractivity contribution >= 4 is 11.9 Å². The van der Waals surface area contributed by atoms with Gasteiger partial charge in [0.05, 0.1) is 0 Å². The summed E-state index contributed by atoms with van der Waals surface area (Å²) in [5, 5.41) is 31.1. The first-order valence-electron chi connectivity index (χ1n) is 5.43. The predicted molar refractivity (Wildman–Crippen MR) is 57.1 cm³/mol. The molecule has 0 spiro atoms. The summed E-state index contributed by atoms with van der Waals surface area (Å²) in [6.45, 7) is 2.12. The lowest BCUT2D eigenvalue weighted by molar-refractivity contribution is -0.238. The van der Waals surface area contributed by atoms with Crippen LogP contribution in [0.1, 0.15) is 13.8 Å². The lowest BCUT2D eigenvalue weighted by atomic mass is 9.98. The minimum atomic E-state index is -1.50. The molecule has 0 aromatic carbocycles. The minimum absolute atomic E-state index is 0.281. The molecule has 0 bridgehead atoms. The quantitative estimate of drug-likeness (QED) is 0.414. The Morgan fingerprint density at radius 2 is 1.78 bits per heavy atom. The van der Waals surface area contributed by atoms with E-state index in [9.17, 15) is 24.9 Å². The highest BCUT2D eigenvalue weighted by atomic mass is 16.6. The molecule has 1 aliphatic rings. The van der Waals surface area contributed by atoms with Crippen LogP contribution in [0.25, 0.3) is 0 Å². The molecule has 1 amide bonds. The lowest BCUT2D eigenvalue weighted by Gasteiger charge is -2.40. The largest absolute Gasteiger partial charge is 0.463 e. The number of hydrogen-bond donors (Lipinski definition) is 4. The highest BCUT2D eigenvalue weighted by Gasteiger charge is 2.44. The third-order valence-electron chi connectivity index (χ3n) is 2.51. The fourth-order valence-electron chi connectivity index (χ4n) is 1.61. The van der Waals surface area contributed by atoms with E-state index in [4.69, 9.17) is 4.74 Å². The van der Waals surface area contributed by atoms with Crippen LogP contribution < -0.4 is 5.32 Å². The van der Waals surface area contributed by atoms with E-state index >= 15 is 0 Å². The molecule has 0 saturated carbocycles. The lowest BCUT2D eigenvalue weighted by Crippen LogP contribution is -2.63. The van der Waals surface area contributed by atoms with E-state index < -0.39 is 42.5 Å². The Kier molecular flexibility index (Phi) is 5.03. The van der Waals surface area contributed by atoms with Gasteiger partial charge in [0.2, 0.25) is 5.91 Å². The Labute approximate surface area is 104 Å². The molecule has 0 aromatic heterocycles. The number of carbonyl (C=O) groups excluding carboxylic acids is 2. The fourth-order valence-corrected chi connectivity index (χ4v) is 1.61. The number of aliphatic hydroxyl groups excluding tert-OH is 3. The zero-order chi connectivity index (χ0) is 13.9. The standard InChI is InChI=1S/C10H17NO7/c1-4(12)11-10-9(16)8(15)7(14)6(18-10)3-17-5(2)13/h6-10,14-16H,3H2,1-2H3,(H,11,12). The van der Waals surface area contributed by atoms with Gasteiger partial charge in [0, 0.05) is 13.8 Å². The van der Waals surface area contributed by atoms with E-state index in [1.807, 2.05) is 0 Å². The van der Waals surface area contributed by atoms with Crippen LogP contribution in [-0.4, -0.2) is 64.4 Å². The van der Waals surface area contributed by atoms with Gasteiger partial charge in [-0.05, 0) is 0 Å². The van der Waals surface area contributed by atoms with E-state index in [0.29, 0.717) is 0 Å². The Morgan fingerprint density at radius 1 is 1.17 bits per heavy atom. The van der Waals surface area contributed by atoms with Crippen LogP contribution in [0, 0.1) is 0 Å². The molecule has 0 radical (unpaired) electrons. The van der Waals surface area contributed by atoms with E-state index in [0.717, 1.165) is 0 Å². The molecule has 5 unspecified atom stereocenters. The normalized spacial score (nSPS) is 35.9. The Bertz CT molecular complexity index is 319. The Hall–Kier alpha value is -1.22. The summed E-state index contributed by atoms with van der Waals surface area (Å²) in [4.78, 5) is 21.5. The first kappa shape index (κ1) is 14.8. The SMILES string of the molecule is CC(=O)NC1OC(COC(C)=O)C(O)C(O)C1O. The molecule has 1 rings (SSSR count). The summed E-state index contributed by atoms with van der Waals surface area (Å²) < 4.78 is 9.83.